The van der Waals surface area contributed by atoms with Crippen molar-refractivity contribution in [1.29, 1.82) is 0 Å². The Labute approximate surface area is 148 Å². The molecule has 0 bridgehead atoms. The molecule has 0 aromatic heterocycles. The first-order chi connectivity index (χ1) is 11.5. The van der Waals surface area contributed by atoms with E-state index in [-0.39, 0.29) is 11.9 Å². The van der Waals surface area contributed by atoms with Gasteiger partial charge in [0, 0.05) is 18.2 Å². The van der Waals surface area contributed by atoms with Crippen LogP contribution in [-0.2, 0) is 0 Å². The van der Waals surface area contributed by atoms with E-state index in [1.807, 2.05) is 0 Å². The van der Waals surface area contributed by atoms with Gasteiger partial charge in [-0.25, -0.2) is 0 Å². The number of amides is 1. The molecule has 1 saturated carbocycles. The molecule has 24 heavy (non-hydrogen) atoms. The number of benzene rings is 1. The number of carbonyl (C=O) groups excluding carboxylic acids is 1. The highest BCUT2D eigenvalue weighted by atomic mass is 35.5. The van der Waals surface area contributed by atoms with Crippen LogP contribution < -0.4 is 15.8 Å². The summed E-state index contributed by atoms with van der Waals surface area (Å²) in [4.78, 5) is 15.1. The number of hydrogen-bond donors (Lipinski definition) is 2. The van der Waals surface area contributed by atoms with Gasteiger partial charge in [0.2, 0.25) is 0 Å². The monoisotopic (exact) mass is 351 g/mol. The Kier molecular flexibility index (Phi) is 5.21. The molecule has 132 valence electrons. The van der Waals surface area contributed by atoms with Crippen molar-refractivity contribution >= 4 is 23.2 Å². The molecule has 3 N–H and O–H groups in total. The van der Waals surface area contributed by atoms with E-state index in [9.17, 15) is 4.79 Å². The van der Waals surface area contributed by atoms with Crippen LogP contribution in [0.5, 0.6) is 5.75 Å². The van der Waals surface area contributed by atoms with E-state index in [0.29, 0.717) is 28.1 Å². The number of ether oxygens (including phenoxy) is 1. The number of anilines is 1. The molecule has 1 aliphatic heterocycles. The van der Waals surface area contributed by atoms with E-state index in [0.717, 1.165) is 25.3 Å². The molecule has 1 aliphatic carbocycles. The van der Waals surface area contributed by atoms with Gasteiger partial charge in [-0.2, -0.15) is 0 Å². The molecule has 6 heteroatoms. The fourth-order valence-electron chi connectivity index (χ4n) is 4.16. The summed E-state index contributed by atoms with van der Waals surface area (Å²) in [6.45, 7) is 1.16. The summed E-state index contributed by atoms with van der Waals surface area (Å²) in [5.41, 5.74) is 6.64. The second-order valence-corrected chi connectivity index (χ2v) is 7.41. The van der Waals surface area contributed by atoms with Crippen molar-refractivity contribution in [2.75, 3.05) is 26.4 Å². The van der Waals surface area contributed by atoms with Gasteiger partial charge < -0.3 is 20.7 Å². The van der Waals surface area contributed by atoms with Crippen LogP contribution >= 0.6 is 11.6 Å². The SMILES string of the molecule is COc1cc(N)c(Cl)cc1C(=O)NC1CCC2CCCN(C)C2C1. The first kappa shape index (κ1) is 17.4. The molecule has 0 spiro atoms. The Morgan fingerprint density at radius 1 is 1.38 bits per heavy atom. The van der Waals surface area contributed by atoms with Gasteiger partial charge in [0.1, 0.15) is 5.75 Å². The zero-order valence-electron chi connectivity index (χ0n) is 14.3. The second-order valence-electron chi connectivity index (χ2n) is 7.01. The molecule has 1 amide bonds. The molecule has 2 fully saturated rings. The van der Waals surface area contributed by atoms with Crippen molar-refractivity contribution in [2.45, 2.75) is 44.2 Å². The van der Waals surface area contributed by atoms with Gasteiger partial charge in [-0.05, 0) is 57.7 Å². The summed E-state index contributed by atoms with van der Waals surface area (Å²) in [5, 5.41) is 3.54. The fraction of sp³-hybridized carbons (Fsp3) is 0.611. The quantitative estimate of drug-likeness (QED) is 0.822. The molecule has 2 aliphatic rings. The maximum atomic E-state index is 12.7. The standard InChI is InChI=1S/C18H26ClN3O2/c1-22-7-3-4-11-5-6-12(8-16(11)22)21-18(23)13-9-14(19)15(20)10-17(13)24-2/h9-12,16H,3-8,20H2,1-2H3,(H,21,23). The van der Waals surface area contributed by atoms with Crippen LogP contribution in [-0.4, -0.2) is 43.6 Å². The number of likely N-dealkylation sites (tertiary alicyclic amines) is 1. The van der Waals surface area contributed by atoms with Gasteiger partial charge in [0.25, 0.3) is 5.91 Å². The summed E-state index contributed by atoms with van der Waals surface area (Å²) in [6.07, 6.45) is 5.83. The number of hydrogen-bond acceptors (Lipinski definition) is 4. The molecule has 0 radical (unpaired) electrons. The lowest BCUT2D eigenvalue weighted by Gasteiger charge is -2.45. The third kappa shape index (κ3) is 3.47. The minimum absolute atomic E-state index is 0.143. The topological polar surface area (TPSA) is 67.6 Å². The maximum absolute atomic E-state index is 12.7. The average molecular weight is 352 g/mol. The van der Waals surface area contributed by atoms with Crippen LogP contribution in [0, 0.1) is 5.92 Å². The smallest absolute Gasteiger partial charge is 0.255 e. The molecule has 1 aromatic rings. The molecule has 3 rings (SSSR count). The van der Waals surface area contributed by atoms with E-state index in [4.69, 9.17) is 22.1 Å². The van der Waals surface area contributed by atoms with Gasteiger partial charge in [0.05, 0.1) is 23.4 Å². The lowest BCUT2D eigenvalue weighted by molar-refractivity contribution is 0.0642. The highest BCUT2D eigenvalue weighted by molar-refractivity contribution is 6.33. The summed E-state index contributed by atoms with van der Waals surface area (Å²) >= 11 is 6.07. The van der Waals surface area contributed by atoms with Crippen LogP contribution in [0.1, 0.15) is 42.5 Å². The second kappa shape index (κ2) is 7.19. The number of halogens is 1. The number of piperidine rings is 1. The lowest BCUT2D eigenvalue weighted by Crippen LogP contribution is -2.51. The molecule has 1 aromatic carbocycles. The molecule has 1 heterocycles. The van der Waals surface area contributed by atoms with Gasteiger partial charge in [-0.15, -0.1) is 0 Å². The van der Waals surface area contributed by atoms with Gasteiger partial charge in [-0.3, -0.25) is 4.79 Å². The van der Waals surface area contributed by atoms with Crippen LogP contribution in [0.25, 0.3) is 0 Å². The predicted molar refractivity (Wildman–Crippen MR) is 96.7 cm³/mol. The third-order valence-electron chi connectivity index (χ3n) is 5.51. The molecular formula is C18H26ClN3O2. The molecule has 5 nitrogen and oxygen atoms in total. The first-order valence-corrected chi connectivity index (χ1v) is 9.01. The van der Waals surface area contributed by atoms with E-state index < -0.39 is 0 Å². The Bertz CT molecular complexity index is 623. The molecule has 3 unspecified atom stereocenters. The number of carbonyl (C=O) groups is 1. The highest BCUT2D eigenvalue weighted by Crippen LogP contribution is 2.35. The van der Waals surface area contributed by atoms with Gasteiger partial charge in [0.15, 0.2) is 0 Å². The highest BCUT2D eigenvalue weighted by Gasteiger charge is 2.35. The Morgan fingerprint density at radius 2 is 2.17 bits per heavy atom. The van der Waals surface area contributed by atoms with Crippen molar-refractivity contribution in [3.63, 3.8) is 0 Å². The average Bonchev–Trinajstić information content (AvgIpc) is 2.57. The number of methoxy groups -OCH3 is 1. The number of nitrogens with two attached hydrogens (primary N) is 1. The largest absolute Gasteiger partial charge is 0.496 e. The Hall–Kier alpha value is -1.46. The molecule has 1 saturated heterocycles. The minimum atomic E-state index is -0.143. The zero-order chi connectivity index (χ0) is 17.3. The van der Waals surface area contributed by atoms with Crippen LogP contribution in [0.2, 0.25) is 5.02 Å². The summed E-state index contributed by atoms with van der Waals surface area (Å²) in [7, 11) is 3.73. The van der Waals surface area contributed by atoms with Gasteiger partial charge >= 0.3 is 0 Å². The van der Waals surface area contributed by atoms with Crippen LogP contribution in [0.15, 0.2) is 12.1 Å². The van der Waals surface area contributed by atoms with Crippen molar-refractivity contribution in [1.82, 2.24) is 10.2 Å². The van der Waals surface area contributed by atoms with E-state index >= 15 is 0 Å². The van der Waals surface area contributed by atoms with Gasteiger partial charge in [-0.1, -0.05) is 11.6 Å². The number of nitrogen functional groups attached to an aromatic ring is 1. The third-order valence-corrected chi connectivity index (χ3v) is 5.83. The number of fused-ring (bicyclic) bond motifs is 1. The van der Waals surface area contributed by atoms with Crippen LogP contribution in [0.3, 0.4) is 0 Å². The van der Waals surface area contributed by atoms with E-state index in [1.165, 1.54) is 26.4 Å². The van der Waals surface area contributed by atoms with Crippen molar-refractivity contribution < 1.29 is 9.53 Å². The number of rotatable bonds is 3. The fourth-order valence-corrected chi connectivity index (χ4v) is 4.33. The minimum Gasteiger partial charge on any atom is -0.496 e. The summed E-state index contributed by atoms with van der Waals surface area (Å²) in [5.74, 6) is 1.09. The normalized spacial score (nSPS) is 27.4. The van der Waals surface area contributed by atoms with Crippen molar-refractivity contribution in [3.8, 4) is 5.75 Å². The van der Waals surface area contributed by atoms with Crippen molar-refractivity contribution in [2.24, 2.45) is 5.92 Å². The van der Waals surface area contributed by atoms with E-state index in [2.05, 4.69) is 17.3 Å². The molecular weight excluding hydrogens is 326 g/mol. The summed E-state index contributed by atoms with van der Waals surface area (Å²) in [6, 6.07) is 3.96. The lowest BCUT2D eigenvalue weighted by atomic mass is 9.76. The van der Waals surface area contributed by atoms with Crippen molar-refractivity contribution in [3.05, 3.63) is 22.7 Å². The maximum Gasteiger partial charge on any atom is 0.255 e. The summed E-state index contributed by atoms with van der Waals surface area (Å²) < 4.78 is 5.29. The van der Waals surface area contributed by atoms with Crippen LogP contribution in [0.4, 0.5) is 5.69 Å². The number of nitrogens with zero attached hydrogens (tertiary/aromatic N) is 1. The predicted octanol–water partition coefficient (Wildman–Crippen LogP) is 2.92. The Balaban J connectivity index is 1.70. The molecule has 3 atom stereocenters. The number of nitrogens with one attached hydrogen (secondary N) is 1. The first-order valence-electron chi connectivity index (χ1n) is 8.63. The Morgan fingerprint density at radius 3 is 2.92 bits per heavy atom. The zero-order valence-corrected chi connectivity index (χ0v) is 15.1. The van der Waals surface area contributed by atoms with E-state index in [1.54, 1.807) is 12.1 Å².